The molecule has 12 heteroatoms. The van der Waals surface area contributed by atoms with Gasteiger partial charge < -0.3 is 19.9 Å². The van der Waals surface area contributed by atoms with Crippen molar-refractivity contribution in [3.63, 3.8) is 0 Å². The van der Waals surface area contributed by atoms with Crippen LogP contribution >= 0.6 is 22.6 Å². The van der Waals surface area contributed by atoms with Gasteiger partial charge in [0.25, 0.3) is 0 Å². The van der Waals surface area contributed by atoms with Crippen molar-refractivity contribution in [2.24, 2.45) is 0 Å². The fraction of sp³-hybridized carbons (Fsp3) is 0.407. The number of β-amino-alcohol motifs (C(OH)–C–C–N with tert-alkyl or cyclic N) is 1. The van der Waals surface area contributed by atoms with Crippen molar-refractivity contribution in [2.45, 2.75) is 38.0 Å². The highest BCUT2D eigenvalue weighted by molar-refractivity contribution is 14.1. The summed E-state index contributed by atoms with van der Waals surface area (Å²) in [5, 5.41) is 13.4. The Bertz CT molecular complexity index is 1540. The van der Waals surface area contributed by atoms with Gasteiger partial charge in [0.05, 0.1) is 17.8 Å². The lowest BCUT2D eigenvalue weighted by Gasteiger charge is -2.30. The van der Waals surface area contributed by atoms with Crippen molar-refractivity contribution in [2.75, 3.05) is 39.0 Å². The molecule has 4 aromatic rings. The number of anilines is 2. The Labute approximate surface area is 238 Å². The second kappa shape index (κ2) is 10.6. The van der Waals surface area contributed by atoms with Crippen LogP contribution in [0, 0.1) is 15.5 Å². The van der Waals surface area contributed by atoms with E-state index in [9.17, 15) is 9.50 Å². The molecular formula is C27H29F2IN8O. The van der Waals surface area contributed by atoms with E-state index in [4.69, 9.17) is 4.98 Å². The van der Waals surface area contributed by atoms with Gasteiger partial charge in [0.1, 0.15) is 17.0 Å². The highest BCUT2D eigenvalue weighted by Crippen LogP contribution is 2.40. The lowest BCUT2D eigenvalue weighted by atomic mass is 10.1. The van der Waals surface area contributed by atoms with Crippen LogP contribution < -0.4 is 5.32 Å². The van der Waals surface area contributed by atoms with Crippen LogP contribution in [0.3, 0.4) is 0 Å². The van der Waals surface area contributed by atoms with Gasteiger partial charge in [-0.15, -0.1) is 0 Å². The lowest BCUT2D eigenvalue weighted by molar-refractivity contribution is 0.0828. The standard InChI is InChI=1S/C27H29F2IN8O/c1-36(2)13-18(39)14-37-8-7-21-15(12-37)3-6-23(32-21)33-27-31-11-20(29)24(35-27)16-9-19(28)25-22(10-16)38(17-4-5-17)26(30)34-25/h3,6,9-11,17-18,39H,4-5,7-8,12-14H2,1-2H3,(H,31,32,33,35)/t18-/m0/s1. The molecule has 0 unspecified atom stereocenters. The summed E-state index contributed by atoms with van der Waals surface area (Å²) in [6.07, 6.45) is 3.47. The predicted molar refractivity (Wildman–Crippen MR) is 153 cm³/mol. The Morgan fingerprint density at radius 2 is 1.97 bits per heavy atom. The van der Waals surface area contributed by atoms with Crippen LogP contribution in [-0.4, -0.2) is 79.2 Å². The van der Waals surface area contributed by atoms with E-state index >= 15 is 4.39 Å². The van der Waals surface area contributed by atoms with Crippen molar-refractivity contribution < 1.29 is 13.9 Å². The van der Waals surface area contributed by atoms with Gasteiger partial charge in [-0.25, -0.2) is 28.7 Å². The van der Waals surface area contributed by atoms with E-state index in [1.807, 2.05) is 35.7 Å². The monoisotopic (exact) mass is 646 g/mol. The van der Waals surface area contributed by atoms with Gasteiger partial charge in [-0.1, -0.05) is 6.07 Å². The molecule has 1 aromatic carbocycles. The van der Waals surface area contributed by atoms with E-state index in [1.165, 1.54) is 6.07 Å². The maximum absolute atomic E-state index is 15.0. The number of imidazole rings is 1. The zero-order chi connectivity index (χ0) is 27.3. The molecule has 0 radical (unpaired) electrons. The van der Waals surface area contributed by atoms with E-state index in [1.54, 1.807) is 6.07 Å². The predicted octanol–water partition coefficient (Wildman–Crippen LogP) is 4.13. The highest BCUT2D eigenvalue weighted by Gasteiger charge is 2.29. The fourth-order valence-electron chi connectivity index (χ4n) is 5.16. The number of aromatic nitrogens is 5. The molecule has 9 nitrogen and oxygen atoms in total. The summed E-state index contributed by atoms with van der Waals surface area (Å²) in [6.45, 7) is 2.75. The Morgan fingerprint density at radius 3 is 2.74 bits per heavy atom. The van der Waals surface area contributed by atoms with Gasteiger partial charge in [-0.3, -0.25) is 4.90 Å². The Morgan fingerprint density at radius 1 is 1.15 bits per heavy atom. The minimum Gasteiger partial charge on any atom is -0.390 e. The molecule has 2 N–H and O–H groups in total. The van der Waals surface area contributed by atoms with Crippen molar-refractivity contribution in [3.05, 3.63) is 57.2 Å². The molecule has 2 aliphatic rings. The van der Waals surface area contributed by atoms with E-state index < -0.39 is 17.7 Å². The number of benzene rings is 1. The quantitative estimate of drug-likeness (QED) is 0.276. The normalized spacial score (nSPS) is 16.6. The SMILES string of the molecule is CN(C)C[C@H](O)CN1CCc2nc(Nc3ncc(F)c(-c4cc(F)c5nc(I)n(C6CC6)c5c4)n3)ccc2C1. The van der Waals surface area contributed by atoms with Crippen LogP contribution in [0.2, 0.25) is 0 Å². The van der Waals surface area contributed by atoms with Gasteiger partial charge in [-0.2, -0.15) is 0 Å². The van der Waals surface area contributed by atoms with Crippen molar-refractivity contribution in [1.82, 2.24) is 34.3 Å². The minimum absolute atomic E-state index is 0.0109. The van der Waals surface area contributed by atoms with Crippen LogP contribution in [0.4, 0.5) is 20.5 Å². The van der Waals surface area contributed by atoms with Gasteiger partial charge in [0.15, 0.2) is 15.5 Å². The molecule has 0 amide bonds. The molecule has 204 valence electrons. The maximum atomic E-state index is 15.0. The molecule has 1 atom stereocenters. The number of halogens is 3. The van der Waals surface area contributed by atoms with Crippen LogP contribution in [0.25, 0.3) is 22.3 Å². The number of nitrogens with one attached hydrogen (secondary N) is 1. The highest BCUT2D eigenvalue weighted by atomic mass is 127. The van der Waals surface area contributed by atoms with Crippen molar-refractivity contribution >= 4 is 45.4 Å². The number of fused-ring (bicyclic) bond motifs is 2. The summed E-state index contributed by atoms with van der Waals surface area (Å²) < 4.78 is 32.6. The lowest BCUT2D eigenvalue weighted by Crippen LogP contribution is -2.40. The number of aliphatic hydroxyl groups is 1. The van der Waals surface area contributed by atoms with Gasteiger partial charge in [0.2, 0.25) is 5.95 Å². The first-order valence-corrected chi connectivity index (χ1v) is 14.0. The summed E-state index contributed by atoms with van der Waals surface area (Å²) >= 11 is 2.11. The van der Waals surface area contributed by atoms with Gasteiger partial charge in [0, 0.05) is 49.9 Å². The maximum Gasteiger partial charge on any atom is 0.229 e. The third-order valence-electron chi connectivity index (χ3n) is 7.05. The molecule has 0 bridgehead atoms. The number of likely N-dealkylation sites (N-methyl/N-ethyl adjacent to an activating group) is 1. The smallest absolute Gasteiger partial charge is 0.229 e. The molecule has 1 fully saturated rings. The first-order valence-electron chi connectivity index (χ1n) is 13.0. The Hall–Kier alpha value is -2.81. The zero-order valence-electron chi connectivity index (χ0n) is 21.7. The van der Waals surface area contributed by atoms with E-state index in [2.05, 4.69) is 47.8 Å². The number of rotatable bonds is 8. The van der Waals surface area contributed by atoms with Crippen LogP contribution in [0.1, 0.15) is 30.1 Å². The number of hydrogen-bond donors (Lipinski definition) is 2. The number of nitrogens with zero attached hydrogens (tertiary/aromatic N) is 7. The van der Waals surface area contributed by atoms with Crippen LogP contribution in [-0.2, 0) is 13.0 Å². The largest absolute Gasteiger partial charge is 0.390 e. The summed E-state index contributed by atoms with van der Waals surface area (Å²) in [5.74, 6) is -0.419. The Kier molecular flexibility index (Phi) is 7.20. The molecule has 1 saturated carbocycles. The second-order valence-electron chi connectivity index (χ2n) is 10.5. The van der Waals surface area contributed by atoms with Gasteiger partial charge in [-0.05, 0) is 73.3 Å². The first kappa shape index (κ1) is 26.4. The minimum atomic E-state index is -0.638. The molecule has 1 aliphatic heterocycles. The average Bonchev–Trinajstić information content (AvgIpc) is 3.66. The fourth-order valence-corrected chi connectivity index (χ4v) is 6.06. The van der Waals surface area contributed by atoms with Crippen molar-refractivity contribution in [1.29, 1.82) is 0 Å². The Balaban J connectivity index is 1.22. The van der Waals surface area contributed by atoms with Crippen molar-refractivity contribution in [3.8, 4) is 11.3 Å². The first-order chi connectivity index (χ1) is 18.7. The molecule has 4 heterocycles. The molecule has 39 heavy (non-hydrogen) atoms. The van der Waals surface area contributed by atoms with Gasteiger partial charge >= 0.3 is 0 Å². The number of pyridine rings is 1. The second-order valence-corrected chi connectivity index (χ2v) is 11.5. The molecule has 0 spiro atoms. The summed E-state index contributed by atoms with van der Waals surface area (Å²) in [7, 11) is 3.89. The summed E-state index contributed by atoms with van der Waals surface area (Å²) in [5.41, 5.74) is 3.34. The van der Waals surface area contributed by atoms with Crippen LogP contribution in [0.5, 0.6) is 0 Å². The van der Waals surface area contributed by atoms with E-state index in [0.717, 1.165) is 47.1 Å². The average molecular weight is 646 g/mol. The number of hydrogen-bond acceptors (Lipinski definition) is 8. The number of aliphatic hydroxyl groups excluding tert-OH is 1. The topological polar surface area (TPSA) is 95.2 Å². The molecular weight excluding hydrogens is 617 g/mol. The zero-order valence-corrected chi connectivity index (χ0v) is 23.9. The molecule has 0 saturated heterocycles. The summed E-state index contributed by atoms with van der Waals surface area (Å²) in [6, 6.07) is 7.17. The molecule has 3 aromatic heterocycles. The van der Waals surface area contributed by atoms with E-state index in [-0.39, 0.29) is 17.2 Å². The van der Waals surface area contributed by atoms with E-state index in [0.29, 0.717) is 42.6 Å². The van der Waals surface area contributed by atoms with Crippen LogP contribution in [0.15, 0.2) is 30.5 Å². The summed E-state index contributed by atoms with van der Waals surface area (Å²) in [4.78, 5) is 21.8. The third-order valence-corrected chi connectivity index (χ3v) is 7.81. The third kappa shape index (κ3) is 5.60. The molecule has 1 aliphatic carbocycles. The molecule has 6 rings (SSSR count).